The highest BCUT2D eigenvalue weighted by molar-refractivity contribution is 4.80. The molecule has 0 saturated carbocycles. The van der Waals surface area contributed by atoms with Crippen molar-refractivity contribution in [1.29, 1.82) is 0 Å². The van der Waals surface area contributed by atoms with Crippen molar-refractivity contribution in [1.82, 2.24) is 10.2 Å². The number of methoxy groups -OCH3 is 1. The summed E-state index contributed by atoms with van der Waals surface area (Å²) in [6, 6.07) is 0.640. The van der Waals surface area contributed by atoms with Crippen molar-refractivity contribution < 1.29 is 4.74 Å². The molecule has 0 aromatic heterocycles. The summed E-state index contributed by atoms with van der Waals surface area (Å²) in [5.74, 6) is 0. The van der Waals surface area contributed by atoms with Crippen LogP contribution in [0.3, 0.4) is 0 Å². The Kier molecular flexibility index (Phi) is 5.45. The molecule has 2 atom stereocenters. The summed E-state index contributed by atoms with van der Waals surface area (Å²) in [6.07, 6.45) is 2.87. The lowest BCUT2D eigenvalue weighted by molar-refractivity contribution is 0.102. The van der Waals surface area contributed by atoms with Gasteiger partial charge in [-0.15, -0.1) is 0 Å². The maximum Gasteiger partial charge on any atom is 0.0710 e. The van der Waals surface area contributed by atoms with Gasteiger partial charge in [0.15, 0.2) is 0 Å². The average Bonchev–Trinajstić information content (AvgIpc) is 2.66. The largest absolute Gasteiger partial charge is 0.380 e. The normalized spacial score (nSPS) is 25.5. The van der Waals surface area contributed by atoms with Crippen LogP contribution in [0.1, 0.15) is 26.7 Å². The van der Waals surface area contributed by atoms with E-state index >= 15 is 0 Å². The SMILES string of the molecule is CCCNCC(C)N1CCC(OC)C1. The number of ether oxygens (including phenoxy) is 1. The zero-order valence-electron chi connectivity index (χ0n) is 9.75. The summed E-state index contributed by atoms with van der Waals surface area (Å²) in [5.41, 5.74) is 0. The Balaban J connectivity index is 2.15. The molecule has 0 bridgehead atoms. The second-order valence-corrected chi connectivity index (χ2v) is 4.19. The number of likely N-dealkylation sites (tertiary alicyclic amines) is 1. The van der Waals surface area contributed by atoms with E-state index in [0.29, 0.717) is 12.1 Å². The summed E-state index contributed by atoms with van der Waals surface area (Å²) in [4.78, 5) is 2.51. The van der Waals surface area contributed by atoms with Gasteiger partial charge in [-0.2, -0.15) is 0 Å². The molecule has 1 saturated heterocycles. The molecular weight excluding hydrogens is 176 g/mol. The van der Waals surface area contributed by atoms with Crippen LogP contribution in [-0.4, -0.2) is 50.3 Å². The third-order valence-corrected chi connectivity index (χ3v) is 3.00. The Hall–Kier alpha value is -0.120. The first-order valence-electron chi connectivity index (χ1n) is 5.75. The fraction of sp³-hybridized carbons (Fsp3) is 1.00. The highest BCUT2D eigenvalue weighted by Crippen LogP contribution is 2.14. The molecule has 0 radical (unpaired) electrons. The molecule has 1 N–H and O–H groups in total. The van der Waals surface area contributed by atoms with Gasteiger partial charge in [0, 0.05) is 32.8 Å². The molecule has 1 aliphatic heterocycles. The standard InChI is InChI=1S/C11H24N2O/c1-4-6-12-8-10(2)13-7-5-11(9-13)14-3/h10-12H,4-9H2,1-3H3. The molecule has 1 rings (SSSR count). The third-order valence-electron chi connectivity index (χ3n) is 3.00. The number of nitrogens with zero attached hydrogens (tertiary/aromatic N) is 1. The van der Waals surface area contributed by atoms with Crippen molar-refractivity contribution in [3.8, 4) is 0 Å². The summed E-state index contributed by atoms with van der Waals surface area (Å²) in [5, 5.41) is 3.46. The number of rotatable bonds is 6. The summed E-state index contributed by atoms with van der Waals surface area (Å²) in [7, 11) is 1.81. The van der Waals surface area contributed by atoms with E-state index in [0.717, 1.165) is 19.6 Å². The van der Waals surface area contributed by atoms with Crippen LogP contribution in [-0.2, 0) is 4.74 Å². The van der Waals surface area contributed by atoms with Gasteiger partial charge in [0.1, 0.15) is 0 Å². The van der Waals surface area contributed by atoms with Crippen LogP contribution >= 0.6 is 0 Å². The van der Waals surface area contributed by atoms with E-state index in [1.54, 1.807) is 0 Å². The fourth-order valence-electron chi connectivity index (χ4n) is 1.96. The van der Waals surface area contributed by atoms with Crippen LogP contribution in [0.5, 0.6) is 0 Å². The van der Waals surface area contributed by atoms with Crippen molar-refractivity contribution in [2.75, 3.05) is 33.3 Å². The molecule has 0 spiro atoms. The van der Waals surface area contributed by atoms with Crippen LogP contribution < -0.4 is 5.32 Å². The zero-order chi connectivity index (χ0) is 10.4. The first kappa shape index (κ1) is 12.0. The minimum absolute atomic E-state index is 0.462. The van der Waals surface area contributed by atoms with Crippen molar-refractivity contribution in [3.63, 3.8) is 0 Å². The first-order chi connectivity index (χ1) is 6.77. The number of nitrogens with one attached hydrogen (secondary N) is 1. The van der Waals surface area contributed by atoms with E-state index in [-0.39, 0.29) is 0 Å². The average molecular weight is 200 g/mol. The van der Waals surface area contributed by atoms with E-state index < -0.39 is 0 Å². The van der Waals surface area contributed by atoms with Crippen LogP contribution in [0.15, 0.2) is 0 Å². The van der Waals surface area contributed by atoms with Gasteiger partial charge in [0.05, 0.1) is 6.10 Å². The fourth-order valence-corrected chi connectivity index (χ4v) is 1.96. The van der Waals surface area contributed by atoms with Crippen molar-refractivity contribution in [3.05, 3.63) is 0 Å². The topological polar surface area (TPSA) is 24.5 Å². The van der Waals surface area contributed by atoms with E-state index in [1.807, 2.05) is 7.11 Å². The lowest BCUT2D eigenvalue weighted by Crippen LogP contribution is -2.39. The van der Waals surface area contributed by atoms with Gasteiger partial charge in [-0.1, -0.05) is 6.92 Å². The van der Waals surface area contributed by atoms with Gasteiger partial charge in [-0.05, 0) is 26.3 Å². The number of hydrogen-bond donors (Lipinski definition) is 1. The smallest absolute Gasteiger partial charge is 0.0710 e. The van der Waals surface area contributed by atoms with E-state index in [9.17, 15) is 0 Å². The molecule has 84 valence electrons. The molecule has 14 heavy (non-hydrogen) atoms. The minimum atomic E-state index is 0.462. The van der Waals surface area contributed by atoms with Gasteiger partial charge in [0.25, 0.3) is 0 Å². The minimum Gasteiger partial charge on any atom is -0.380 e. The van der Waals surface area contributed by atoms with Crippen LogP contribution in [0.2, 0.25) is 0 Å². The maximum absolute atomic E-state index is 5.36. The predicted molar refractivity (Wildman–Crippen MR) is 59.6 cm³/mol. The second kappa shape index (κ2) is 6.38. The molecule has 0 aliphatic carbocycles. The van der Waals surface area contributed by atoms with Gasteiger partial charge >= 0.3 is 0 Å². The number of hydrogen-bond acceptors (Lipinski definition) is 3. The highest BCUT2D eigenvalue weighted by atomic mass is 16.5. The summed E-state index contributed by atoms with van der Waals surface area (Å²) < 4.78 is 5.36. The lowest BCUT2D eigenvalue weighted by atomic mass is 10.3. The quantitative estimate of drug-likeness (QED) is 0.650. The maximum atomic E-state index is 5.36. The Bertz CT molecular complexity index is 152. The molecule has 1 aliphatic rings. The molecular formula is C11H24N2O. The third kappa shape index (κ3) is 3.56. The molecule has 3 nitrogen and oxygen atoms in total. The monoisotopic (exact) mass is 200 g/mol. The van der Waals surface area contributed by atoms with Crippen molar-refractivity contribution >= 4 is 0 Å². The Morgan fingerprint density at radius 3 is 2.93 bits per heavy atom. The molecule has 0 aromatic carbocycles. The first-order valence-corrected chi connectivity index (χ1v) is 5.75. The van der Waals surface area contributed by atoms with E-state index in [4.69, 9.17) is 4.74 Å². The molecule has 0 amide bonds. The van der Waals surface area contributed by atoms with Crippen molar-refractivity contribution in [2.45, 2.75) is 38.8 Å². The van der Waals surface area contributed by atoms with Gasteiger partial charge < -0.3 is 10.1 Å². The van der Waals surface area contributed by atoms with E-state index in [1.165, 1.54) is 19.4 Å². The molecule has 1 heterocycles. The van der Waals surface area contributed by atoms with Crippen LogP contribution in [0.4, 0.5) is 0 Å². The van der Waals surface area contributed by atoms with Crippen LogP contribution in [0.25, 0.3) is 0 Å². The Labute approximate surface area is 87.8 Å². The molecule has 0 aromatic rings. The summed E-state index contributed by atoms with van der Waals surface area (Å²) >= 11 is 0. The highest BCUT2D eigenvalue weighted by Gasteiger charge is 2.25. The Morgan fingerprint density at radius 2 is 2.36 bits per heavy atom. The lowest BCUT2D eigenvalue weighted by Gasteiger charge is -2.24. The molecule has 3 heteroatoms. The van der Waals surface area contributed by atoms with Gasteiger partial charge in [-0.3, -0.25) is 4.90 Å². The summed E-state index contributed by atoms with van der Waals surface area (Å²) in [6.45, 7) is 9.02. The molecule has 1 fully saturated rings. The van der Waals surface area contributed by atoms with Crippen LogP contribution in [0, 0.1) is 0 Å². The second-order valence-electron chi connectivity index (χ2n) is 4.19. The van der Waals surface area contributed by atoms with Gasteiger partial charge in [0.2, 0.25) is 0 Å². The predicted octanol–water partition coefficient (Wildman–Crippen LogP) is 1.10. The zero-order valence-corrected chi connectivity index (χ0v) is 9.75. The van der Waals surface area contributed by atoms with E-state index in [2.05, 4.69) is 24.1 Å². The molecule has 2 unspecified atom stereocenters. The Morgan fingerprint density at radius 1 is 1.57 bits per heavy atom. The van der Waals surface area contributed by atoms with Gasteiger partial charge in [-0.25, -0.2) is 0 Å². The van der Waals surface area contributed by atoms with Crippen molar-refractivity contribution in [2.24, 2.45) is 0 Å².